The summed E-state index contributed by atoms with van der Waals surface area (Å²) in [6.07, 6.45) is 1.57. The second-order valence-electron chi connectivity index (χ2n) is 6.12. The maximum Gasteiger partial charge on any atom is 0.275 e. The molecule has 1 N–H and O–H groups in total. The van der Waals surface area contributed by atoms with Crippen molar-refractivity contribution in [2.45, 2.75) is 13.5 Å². The van der Waals surface area contributed by atoms with Crippen LogP contribution in [0.5, 0.6) is 11.5 Å². The minimum Gasteiger partial charge on any atom is -0.493 e. The molecule has 0 unspecified atom stereocenters. The van der Waals surface area contributed by atoms with Crippen LogP contribution in [0.4, 0.5) is 0 Å². The first-order chi connectivity index (χ1) is 14.2. The highest BCUT2D eigenvalue weighted by Gasteiger charge is 2.10. The Morgan fingerprint density at radius 1 is 1.03 bits per heavy atom. The van der Waals surface area contributed by atoms with Gasteiger partial charge in [-0.05, 0) is 54.4 Å². The zero-order valence-electron chi connectivity index (χ0n) is 16.0. The fraction of sp³-hybridized carbons (Fsp3) is 0.130. The molecule has 0 radical (unpaired) electrons. The highest BCUT2D eigenvalue weighted by Crippen LogP contribution is 2.18. The van der Waals surface area contributed by atoms with Crippen molar-refractivity contribution in [3.63, 3.8) is 0 Å². The van der Waals surface area contributed by atoms with E-state index in [1.807, 2.05) is 61.5 Å². The third-order valence-electron chi connectivity index (χ3n) is 3.99. The second kappa shape index (κ2) is 10.3. The summed E-state index contributed by atoms with van der Waals surface area (Å²) in [6, 6.07) is 22.0. The van der Waals surface area contributed by atoms with Crippen molar-refractivity contribution in [2.24, 2.45) is 5.10 Å². The largest absolute Gasteiger partial charge is 0.493 e. The molecule has 0 bridgehead atoms. The average molecular weight is 409 g/mol. The Kier molecular flexibility index (Phi) is 7.25. The lowest BCUT2D eigenvalue weighted by Crippen LogP contribution is -2.18. The van der Waals surface area contributed by atoms with Crippen LogP contribution < -0.4 is 14.9 Å². The Morgan fingerprint density at radius 2 is 1.83 bits per heavy atom. The van der Waals surface area contributed by atoms with Gasteiger partial charge in [-0.1, -0.05) is 48.0 Å². The molecule has 0 saturated carbocycles. The molecule has 3 rings (SSSR count). The molecule has 0 spiro atoms. The molecule has 0 atom stereocenters. The number of ether oxygens (including phenoxy) is 2. The number of nitrogens with zero attached hydrogens (tertiary/aromatic N) is 1. The van der Waals surface area contributed by atoms with Gasteiger partial charge >= 0.3 is 0 Å². The number of carbonyl (C=O) groups excluding carboxylic acids is 1. The SMILES string of the molecule is CCOc1ccccc1C(=O)N/N=C/c1cccc(OCc2ccc(Cl)cc2)c1. The van der Waals surface area contributed by atoms with Crippen LogP contribution in [0, 0.1) is 0 Å². The maximum absolute atomic E-state index is 12.3. The summed E-state index contributed by atoms with van der Waals surface area (Å²) < 4.78 is 11.3. The maximum atomic E-state index is 12.3. The van der Waals surface area contributed by atoms with Gasteiger partial charge in [-0.2, -0.15) is 5.10 Å². The zero-order chi connectivity index (χ0) is 20.5. The van der Waals surface area contributed by atoms with E-state index in [9.17, 15) is 4.79 Å². The normalized spacial score (nSPS) is 10.7. The van der Waals surface area contributed by atoms with E-state index in [0.29, 0.717) is 35.3 Å². The van der Waals surface area contributed by atoms with Gasteiger partial charge in [0.05, 0.1) is 18.4 Å². The van der Waals surface area contributed by atoms with Crippen molar-refractivity contribution < 1.29 is 14.3 Å². The van der Waals surface area contributed by atoms with Gasteiger partial charge in [-0.15, -0.1) is 0 Å². The van der Waals surface area contributed by atoms with Crippen LogP contribution in [-0.4, -0.2) is 18.7 Å². The number of amides is 1. The molecule has 0 heterocycles. The molecular formula is C23H21ClN2O3. The molecule has 3 aromatic rings. The minimum absolute atomic E-state index is 0.333. The molecule has 0 saturated heterocycles. The highest BCUT2D eigenvalue weighted by atomic mass is 35.5. The molecule has 0 aliphatic carbocycles. The third-order valence-corrected chi connectivity index (χ3v) is 4.24. The number of hydrazone groups is 1. The average Bonchev–Trinajstić information content (AvgIpc) is 2.74. The summed E-state index contributed by atoms with van der Waals surface area (Å²) >= 11 is 5.89. The smallest absolute Gasteiger partial charge is 0.275 e. The van der Waals surface area contributed by atoms with Crippen LogP contribution >= 0.6 is 11.6 Å². The van der Waals surface area contributed by atoms with E-state index in [4.69, 9.17) is 21.1 Å². The van der Waals surface area contributed by atoms with E-state index < -0.39 is 0 Å². The van der Waals surface area contributed by atoms with Crippen molar-refractivity contribution in [1.29, 1.82) is 0 Å². The lowest BCUT2D eigenvalue weighted by molar-refractivity contribution is 0.0951. The fourth-order valence-electron chi connectivity index (χ4n) is 2.59. The molecule has 0 aliphatic rings. The number of hydrogen-bond acceptors (Lipinski definition) is 4. The predicted octanol–water partition coefficient (Wildman–Crippen LogP) is 5.08. The first-order valence-corrected chi connectivity index (χ1v) is 9.56. The van der Waals surface area contributed by atoms with Crippen LogP contribution in [0.2, 0.25) is 5.02 Å². The Labute approximate surface area is 174 Å². The van der Waals surface area contributed by atoms with Crippen LogP contribution in [0.3, 0.4) is 0 Å². The number of hydrogen-bond donors (Lipinski definition) is 1. The molecule has 3 aromatic carbocycles. The van der Waals surface area contributed by atoms with Crippen molar-refractivity contribution in [3.8, 4) is 11.5 Å². The summed E-state index contributed by atoms with van der Waals surface area (Å²) in [5, 5.41) is 4.73. The predicted molar refractivity (Wildman–Crippen MR) is 115 cm³/mol. The summed E-state index contributed by atoms with van der Waals surface area (Å²) in [5.74, 6) is 0.901. The molecule has 0 aliphatic heterocycles. The Balaban J connectivity index is 1.59. The van der Waals surface area contributed by atoms with Crippen LogP contribution in [0.1, 0.15) is 28.4 Å². The van der Waals surface area contributed by atoms with Gasteiger partial charge in [-0.3, -0.25) is 4.79 Å². The van der Waals surface area contributed by atoms with Crippen molar-refractivity contribution in [3.05, 3.63) is 94.5 Å². The molecule has 148 valence electrons. The summed E-state index contributed by atoms with van der Waals surface area (Å²) in [7, 11) is 0. The van der Waals surface area contributed by atoms with Crippen molar-refractivity contribution >= 4 is 23.7 Å². The topological polar surface area (TPSA) is 59.9 Å². The Morgan fingerprint density at radius 3 is 2.62 bits per heavy atom. The van der Waals surface area contributed by atoms with E-state index in [0.717, 1.165) is 11.1 Å². The van der Waals surface area contributed by atoms with E-state index in [1.165, 1.54) is 0 Å². The number of benzene rings is 3. The van der Waals surface area contributed by atoms with E-state index in [-0.39, 0.29) is 5.91 Å². The molecule has 29 heavy (non-hydrogen) atoms. The Bertz CT molecular complexity index is 987. The van der Waals surface area contributed by atoms with E-state index in [2.05, 4.69) is 10.5 Å². The molecule has 0 aromatic heterocycles. The molecule has 6 heteroatoms. The van der Waals surface area contributed by atoms with Crippen molar-refractivity contribution in [2.75, 3.05) is 6.61 Å². The van der Waals surface area contributed by atoms with Gasteiger partial charge in [0, 0.05) is 5.02 Å². The summed E-state index contributed by atoms with van der Waals surface area (Å²) in [5.41, 5.74) is 4.79. The van der Waals surface area contributed by atoms with Gasteiger partial charge in [0.1, 0.15) is 18.1 Å². The first-order valence-electron chi connectivity index (χ1n) is 9.18. The number of nitrogens with one attached hydrogen (secondary N) is 1. The van der Waals surface area contributed by atoms with Gasteiger partial charge in [0.2, 0.25) is 0 Å². The van der Waals surface area contributed by atoms with Crippen LogP contribution in [-0.2, 0) is 6.61 Å². The minimum atomic E-state index is -0.333. The third kappa shape index (κ3) is 6.09. The quantitative estimate of drug-likeness (QED) is 0.417. The monoisotopic (exact) mass is 408 g/mol. The molecular weight excluding hydrogens is 388 g/mol. The number of para-hydroxylation sites is 1. The molecule has 5 nitrogen and oxygen atoms in total. The van der Waals surface area contributed by atoms with E-state index in [1.54, 1.807) is 24.4 Å². The number of halogens is 1. The second-order valence-corrected chi connectivity index (χ2v) is 6.55. The lowest BCUT2D eigenvalue weighted by Gasteiger charge is -2.08. The number of rotatable bonds is 8. The van der Waals surface area contributed by atoms with Gasteiger partial charge in [-0.25, -0.2) is 5.43 Å². The number of carbonyl (C=O) groups is 1. The zero-order valence-corrected chi connectivity index (χ0v) is 16.7. The standard InChI is InChI=1S/C23H21ClN2O3/c1-2-28-22-9-4-3-8-21(22)23(27)26-25-15-18-6-5-7-20(14-18)29-16-17-10-12-19(24)13-11-17/h3-15H,2,16H2,1H3,(H,26,27)/b25-15+. The van der Waals surface area contributed by atoms with Crippen LogP contribution in [0.25, 0.3) is 0 Å². The molecule has 1 amide bonds. The lowest BCUT2D eigenvalue weighted by atomic mass is 10.2. The van der Waals surface area contributed by atoms with Crippen LogP contribution in [0.15, 0.2) is 77.9 Å². The molecule has 0 fully saturated rings. The van der Waals surface area contributed by atoms with Gasteiger partial charge in [0.15, 0.2) is 0 Å². The first kappa shape index (κ1) is 20.4. The Hall–Kier alpha value is -3.31. The summed E-state index contributed by atoms with van der Waals surface area (Å²) in [6.45, 7) is 2.79. The van der Waals surface area contributed by atoms with Crippen molar-refractivity contribution in [1.82, 2.24) is 5.43 Å². The summed E-state index contributed by atoms with van der Waals surface area (Å²) in [4.78, 5) is 12.3. The van der Waals surface area contributed by atoms with E-state index >= 15 is 0 Å². The van der Waals surface area contributed by atoms with Gasteiger partial charge < -0.3 is 9.47 Å². The highest BCUT2D eigenvalue weighted by molar-refractivity contribution is 6.30. The van der Waals surface area contributed by atoms with Gasteiger partial charge in [0.25, 0.3) is 5.91 Å². The fourth-order valence-corrected chi connectivity index (χ4v) is 2.72.